The Hall–Kier alpha value is -4.04. The fourth-order valence-electron chi connectivity index (χ4n) is 5.14. The van der Waals surface area contributed by atoms with Crippen molar-refractivity contribution in [3.63, 3.8) is 0 Å². The van der Waals surface area contributed by atoms with Crippen LogP contribution >= 0.6 is 0 Å². The van der Waals surface area contributed by atoms with Crippen molar-refractivity contribution in [2.24, 2.45) is 7.05 Å². The molecule has 1 aromatic carbocycles. The van der Waals surface area contributed by atoms with Crippen molar-refractivity contribution in [2.75, 3.05) is 68.0 Å². The lowest BCUT2D eigenvalue weighted by molar-refractivity contribution is -0.138. The number of piperazine rings is 2. The van der Waals surface area contributed by atoms with E-state index in [1.807, 2.05) is 23.8 Å². The predicted octanol–water partition coefficient (Wildman–Crippen LogP) is 2.80. The van der Waals surface area contributed by atoms with E-state index in [1.54, 1.807) is 0 Å². The van der Waals surface area contributed by atoms with Crippen LogP contribution in [0.25, 0.3) is 11.1 Å². The van der Waals surface area contributed by atoms with Gasteiger partial charge in [-0.05, 0) is 26.1 Å². The number of rotatable bonds is 5. The van der Waals surface area contributed by atoms with Crippen LogP contribution in [0.2, 0.25) is 0 Å². The largest absolute Gasteiger partial charge is 0.417 e. The molecule has 0 bridgehead atoms. The highest BCUT2D eigenvalue weighted by Gasteiger charge is 2.36. The summed E-state index contributed by atoms with van der Waals surface area (Å²) in [7, 11) is 3.23. The Morgan fingerprint density at radius 1 is 1.02 bits per heavy atom. The van der Waals surface area contributed by atoms with Gasteiger partial charge in [0.2, 0.25) is 5.95 Å². The van der Waals surface area contributed by atoms with Gasteiger partial charge >= 0.3 is 6.18 Å². The molecule has 2 aliphatic rings. The van der Waals surface area contributed by atoms with Crippen molar-refractivity contribution in [2.45, 2.75) is 19.1 Å². The molecule has 5 rings (SSSR count). The summed E-state index contributed by atoms with van der Waals surface area (Å²) in [6.45, 7) is 6.74. The zero-order valence-corrected chi connectivity index (χ0v) is 23.5. The molecule has 224 valence electrons. The first-order valence-corrected chi connectivity index (χ1v) is 13.6. The lowest BCUT2D eigenvalue weighted by Crippen LogP contribution is -2.50. The molecule has 4 heterocycles. The Bertz CT molecular complexity index is 1520. The van der Waals surface area contributed by atoms with Crippen LogP contribution in [0, 0.1) is 5.82 Å². The van der Waals surface area contributed by atoms with Gasteiger partial charge < -0.3 is 29.9 Å². The minimum absolute atomic E-state index is 0.0830. The van der Waals surface area contributed by atoms with Crippen molar-refractivity contribution in [1.82, 2.24) is 24.8 Å². The number of halogens is 4. The first-order chi connectivity index (χ1) is 19.9. The van der Waals surface area contributed by atoms with E-state index in [0.29, 0.717) is 42.9 Å². The molecule has 2 fully saturated rings. The zero-order valence-electron chi connectivity index (χ0n) is 23.5. The second kappa shape index (κ2) is 11.7. The van der Waals surface area contributed by atoms with Crippen molar-refractivity contribution in [1.29, 1.82) is 0 Å². The molecule has 0 unspecified atom stereocenters. The van der Waals surface area contributed by atoms with Crippen molar-refractivity contribution in [3.8, 4) is 11.1 Å². The molecule has 1 amide bonds. The van der Waals surface area contributed by atoms with Gasteiger partial charge in [-0.25, -0.2) is 14.4 Å². The Labute approximate surface area is 240 Å². The van der Waals surface area contributed by atoms with Gasteiger partial charge in [0.15, 0.2) is 0 Å². The number of nitrogens with zero attached hydrogens (tertiary/aromatic N) is 6. The maximum absolute atomic E-state index is 15.7. The summed E-state index contributed by atoms with van der Waals surface area (Å²) in [6, 6.07) is 3.17. The number of benzene rings is 1. The van der Waals surface area contributed by atoms with E-state index in [2.05, 4.69) is 25.5 Å². The first kappa shape index (κ1) is 29.5. The van der Waals surface area contributed by atoms with Crippen molar-refractivity contribution >= 4 is 23.2 Å². The molecular formula is C28H32F4N8O2. The molecule has 42 heavy (non-hydrogen) atoms. The third kappa shape index (κ3) is 6.09. The number of amides is 1. The number of hydrogen-bond acceptors (Lipinski definition) is 8. The molecule has 3 aromatic rings. The standard InChI is InChI=1S/C28H32F4N8O2/c1-17-15-40(9-8-37(17)2)24-12-22(29)19(18-13-34-27(35-14-18)39-6-4-33-5-7-39)10-23(24)36-26(42)20-16-38(3)25(41)11-21(20)28(30,31)32/h10-14,16-17,33H,4-9,15H2,1-3H3,(H,36,42)/t17-/m0/s1. The van der Waals surface area contributed by atoms with Gasteiger partial charge in [0.1, 0.15) is 5.82 Å². The Morgan fingerprint density at radius 3 is 2.36 bits per heavy atom. The summed E-state index contributed by atoms with van der Waals surface area (Å²) in [5.74, 6) is -1.16. The zero-order chi connectivity index (χ0) is 30.2. The third-order valence-corrected chi connectivity index (χ3v) is 7.76. The molecule has 0 aliphatic carbocycles. The predicted molar refractivity (Wildman–Crippen MR) is 151 cm³/mol. The first-order valence-electron chi connectivity index (χ1n) is 13.6. The molecule has 0 radical (unpaired) electrons. The molecule has 2 saturated heterocycles. The molecule has 2 N–H and O–H groups in total. The van der Waals surface area contributed by atoms with Gasteiger partial charge in [-0.2, -0.15) is 13.2 Å². The molecule has 14 heteroatoms. The Kier molecular flexibility index (Phi) is 8.19. The summed E-state index contributed by atoms with van der Waals surface area (Å²) in [6.07, 6.45) is -1.11. The second-order valence-corrected chi connectivity index (χ2v) is 10.6. The molecule has 10 nitrogen and oxygen atoms in total. The number of anilines is 3. The van der Waals surface area contributed by atoms with Gasteiger partial charge in [-0.1, -0.05) is 0 Å². The number of alkyl halides is 3. The minimum Gasteiger partial charge on any atom is -0.367 e. The van der Waals surface area contributed by atoms with E-state index < -0.39 is 34.6 Å². The van der Waals surface area contributed by atoms with E-state index in [-0.39, 0.29) is 17.3 Å². The molecule has 1 atom stereocenters. The van der Waals surface area contributed by atoms with Gasteiger partial charge in [-0.3, -0.25) is 9.59 Å². The van der Waals surface area contributed by atoms with Crippen molar-refractivity contribution < 1.29 is 22.4 Å². The fourth-order valence-corrected chi connectivity index (χ4v) is 5.14. The van der Waals surface area contributed by atoms with E-state index in [9.17, 15) is 22.8 Å². The number of nitrogens with one attached hydrogen (secondary N) is 2. The average Bonchev–Trinajstić information content (AvgIpc) is 2.96. The highest BCUT2D eigenvalue weighted by atomic mass is 19.4. The van der Waals surface area contributed by atoms with Gasteiger partial charge in [0, 0.05) is 94.7 Å². The van der Waals surface area contributed by atoms with E-state index in [4.69, 9.17) is 0 Å². The van der Waals surface area contributed by atoms with E-state index in [1.165, 1.54) is 31.6 Å². The van der Waals surface area contributed by atoms with Gasteiger partial charge in [-0.15, -0.1) is 0 Å². The molecule has 0 saturated carbocycles. The quantitative estimate of drug-likeness (QED) is 0.440. The molecular weight excluding hydrogens is 556 g/mol. The smallest absolute Gasteiger partial charge is 0.367 e. The lowest BCUT2D eigenvalue weighted by atomic mass is 10.0. The number of carbonyl (C=O) groups excluding carboxylic acids is 1. The summed E-state index contributed by atoms with van der Waals surface area (Å²) < 4.78 is 58.0. The maximum Gasteiger partial charge on any atom is 0.417 e. The average molecular weight is 589 g/mol. The summed E-state index contributed by atoms with van der Waals surface area (Å²) in [5, 5.41) is 5.83. The van der Waals surface area contributed by atoms with Crippen LogP contribution in [0.4, 0.5) is 34.9 Å². The van der Waals surface area contributed by atoms with E-state index >= 15 is 4.39 Å². The van der Waals surface area contributed by atoms with Crippen LogP contribution in [-0.4, -0.2) is 84.2 Å². The maximum atomic E-state index is 15.7. The van der Waals surface area contributed by atoms with Crippen LogP contribution in [0.15, 0.2) is 41.6 Å². The van der Waals surface area contributed by atoms with Crippen LogP contribution in [0.3, 0.4) is 0 Å². The SMILES string of the molecule is C[C@H]1CN(c2cc(F)c(-c3cnc(N4CCNCC4)nc3)cc2NC(=O)c2cn(C)c(=O)cc2C(F)(F)F)CCN1C. The second-order valence-electron chi connectivity index (χ2n) is 10.6. The number of aryl methyl sites for hydroxylation is 1. The molecule has 2 aliphatic heterocycles. The number of hydrogen-bond donors (Lipinski definition) is 2. The van der Waals surface area contributed by atoms with Crippen LogP contribution < -0.4 is 26.0 Å². The molecule has 0 spiro atoms. The van der Waals surface area contributed by atoms with Crippen LogP contribution in [0.5, 0.6) is 0 Å². The third-order valence-electron chi connectivity index (χ3n) is 7.76. The van der Waals surface area contributed by atoms with Gasteiger partial charge in [0.25, 0.3) is 11.5 Å². The van der Waals surface area contributed by atoms with E-state index in [0.717, 1.165) is 36.9 Å². The molecule has 2 aromatic heterocycles. The number of carbonyl (C=O) groups is 1. The highest BCUT2D eigenvalue weighted by Crippen LogP contribution is 2.37. The van der Waals surface area contributed by atoms with Crippen LogP contribution in [-0.2, 0) is 13.2 Å². The lowest BCUT2D eigenvalue weighted by Gasteiger charge is -2.39. The Morgan fingerprint density at radius 2 is 1.71 bits per heavy atom. The number of pyridine rings is 1. The normalized spacial score (nSPS) is 18.3. The summed E-state index contributed by atoms with van der Waals surface area (Å²) in [4.78, 5) is 40.2. The monoisotopic (exact) mass is 588 g/mol. The highest BCUT2D eigenvalue weighted by molar-refractivity contribution is 6.07. The number of aromatic nitrogens is 3. The summed E-state index contributed by atoms with van der Waals surface area (Å²) in [5.41, 5.74) is -2.09. The van der Waals surface area contributed by atoms with Crippen molar-refractivity contribution in [3.05, 3.63) is 64.1 Å². The van der Waals surface area contributed by atoms with Gasteiger partial charge in [0.05, 0.1) is 22.5 Å². The Balaban J connectivity index is 1.55. The topological polar surface area (TPSA) is 98.6 Å². The van der Waals surface area contributed by atoms with Crippen LogP contribution in [0.1, 0.15) is 22.8 Å². The minimum atomic E-state index is -4.94. The summed E-state index contributed by atoms with van der Waals surface area (Å²) >= 11 is 0. The number of likely N-dealkylation sites (N-methyl/N-ethyl adjacent to an activating group) is 1. The fraction of sp³-hybridized carbons (Fsp3) is 0.429.